The molecule has 8 aromatic rings. The summed E-state index contributed by atoms with van der Waals surface area (Å²) >= 11 is 0. The summed E-state index contributed by atoms with van der Waals surface area (Å²) in [5.41, 5.74) is 12.0. The molecule has 0 aliphatic carbocycles. The second kappa shape index (κ2) is 11.7. The van der Waals surface area contributed by atoms with Crippen molar-refractivity contribution in [3.05, 3.63) is 157 Å². The molecular formula is C44H36N2. The Bertz CT molecular complexity index is 2290. The van der Waals surface area contributed by atoms with Crippen molar-refractivity contribution in [3.63, 3.8) is 0 Å². The molecule has 0 spiro atoms. The number of hydrogen-bond acceptors (Lipinski definition) is 2. The van der Waals surface area contributed by atoms with E-state index < -0.39 is 0 Å². The lowest BCUT2D eigenvalue weighted by Gasteiger charge is -2.24. The van der Waals surface area contributed by atoms with Gasteiger partial charge in [-0.1, -0.05) is 129 Å². The Balaban J connectivity index is 1.45. The number of aryl methyl sites for hydroxylation is 2. The zero-order chi connectivity index (χ0) is 31.0. The number of benzene rings is 8. The van der Waals surface area contributed by atoms with Gasteiger partial charge < -0.3 is 10.6 Å². The Morgan fingerprint density at radius 2 is 0.935 bits per heavy atom. The molecule has 0 atom stereocenters. The van der Waals surface area contributed by atoms with Gasteiger partial charge in [-0.2, -0.15) is 0 Å². The van der Waals surface area contributed by atoms with Crippen molar-refractivity contribution in [3.8, 4) is 22.3 Å². The standard InChI is InChI=1S/C44H36N2/c1-3-29-15-21-34(22-16-29)45-39-28-20-33-19-25-38-43-37(27-26-36(39)40(33)43)41(31-11-7-5-8-12-31)42(32-13-9-6-10-14-32)44(38)46-35-23-17-30(4-2)18-24-35/h5-28,45-46H,3-4H2,1-2H3. The summed E-state index contributed by atoms with van der Waals surface area (Å²) < 4.78 is 0. The molecule has 0 radical (unpaired) electrons. The van der Waals surface area contributed by atoms with E-state index in [0.717, 1.165) is 35.6 Å². The van der Waals surface area contributed by atoms with Crippen LogP contribution in [0.2, 0.25) is 0 Å². The summed E-state index contributed by atoms with van der Waals surface area (Å²) in [6, 6.07) is 53.1. The molecule has 0 saturated heterocycles. The Hall–Kier alpha value is -5.60. The molecule has 8 rings (SSSR count). The van der Waals surface area contributed by atoms with E-state index in [2.05, 4.69) is 170 Å². The van der Waals surface area contributed by atoms with Crippen LogP contribution in [0, 0.1) is 0 Å². The van der Waals surface area contributed by atoms with Crippen LogP contribution in [0.4, 0.5) is 22.7 Å². The Labute approximate surface area is 270 Å². The van der Waals surface area contributed by atoms with Gasteiger partial charge in [-0.05, 0) is 87.1 Å². The van der Waals surface area contributed by atoms with Crippen molar-refractivity contribution in [2.45, 2.75) is 26.7 Å². The van der Waals surface area contributed by atoms with Gasteiger partial charge in [0, 0.05) is 38.8 Å². The highest BCUT2D eigenvalue weighted by Gasteiger charge is 2.23. The maximum atomic E-state index is 3.94. The van der Waals surface area contributed by atoms with Crippen molar-refractivity contribution in [1.29, 1.82) is 0 Å². The Morgan fingerprint density at radius 3 is 1.54 bits per heavy atom. The van der Waals surface area contributed by atoms with Crippen molar-refractivity contribution in [2.75, 3.05) is 10.6 Å². The summed E-state index contributed by atoms with van der Waals surface area (Å²) in [7, 11) is 0. The van der Waals surface area contributed by atoms with E-state index in [-0.39, 0.29) is 0 Å². The first-order valence-corrected chi connectivity index (χ1v) is 16.3. The van der Waals surface area contributed by atoms with Gasteiger partial charge in [0.25, 0.3) is 0 Å². The molecule has 46 heavy (non-hydrogen) atoms. The topological polar surface area (TPSA) is 24.1 Å². The molecule has 2 nitrogen and oxygen atoms in total. The largest absolute Gasteiger partial charge is 0.355 e. The van der Waals surface area contributed by atoms with Crippen molar-refractivity contribution >= 4 is 55.1 Å². The smallest absolute Gasteiger partial charge is 0.0550 e. The molecule has 2 N–H and O–H groups in total. The van der Waals surface area contributed by atoms with Crippen molar-refractivity contribution < 1.29 is 0 Å². The Morgan fingerprint density at radius 1 is 0.413 bits per heavy atom. The third kappa shape index (κ3) is 4.83. The molecule has 0 fully saturated rings. The lowest BCUT2D eigenvalue weighted by atomic mass is 9.83. The van der Waals surface area contributed by atoms with E-state index in [1.807, 2.05) is 0 Å². The van der Waals surface area contributed by atoms with Gasteiger partial charge in [-0.3, -0.25) is 0 Å². The fourth-order valence-corrected chi connectivity index (χ4v) is 6.94. The summed E-state index contributed by atoms with van der Waals surface area (Å²) in [6.45, 7) is 4.39. The van der Waals surface area contributed by atoms with Gasteiger partial charge in [-0.25, -0.2) is 0 Å². The molecule has 0 saturated carbocycles. The van der Waals surface area contributed by atoms with Crippen LogP contribution in [0.1, 0.15) is 25.0 Å². The number of rotatable bonds is 8. The van der Waals surface area contributed by atoms with Crippen LogP contribution in [0.25, 0.3) is 54.6 Å². The summed E-state index contributed by atoms with van der Waals surface area (Å²) in [5, 5.41) is 15.2. The van der Waals surface area contributed by atoms with E-state index in [0.29, 0.717) is 0 Å². The highest BCUT2D eigenvalue weighted by molar-refractivity contribution is 6.32. The van der Waals surface area contributed by atoms with Gasteiger partial charge in [0.15, 0.2) is 0 Å². The van der Waals surface area contributed by atoms with Crippen LogP contribution in [0.5, 0.6) is 0 Å². The quantitative estimate of drug-likeness (QED) is 0.172. The maximum Gasteiger partial charge on any atom is 0.0550 e. The summed E-state index contributed by atoms with van der Waals surface area (Å²) in [4.78, 5) is 0. The third-order valence-electron chi connectivity index (χ3n) is 9.35. The molecular weight excluding hydrogens is 556 g/mol. The first-order valence-electron chi connectivity index (χ1n) is 16.3. The van der Waals surface area contributed by atoms with Crippen LogP contribution in [-0.2, 0) is 12.8 Å². The molecule has 0 aliphatic heterocycles. The molecule has 2 heteroatoms. The SMILES string of the molecule is CCc1ccc(Nc2ccc3ccc4c(Nc5ccc(CC)cc5)c(-c5ccccc5)c(-c5ccccc5)c5ccc2c3c45)cc1. The molecule has 0 bridgehead atoms. The third-order valence-corrected chi connectivity index (χ3v) is 9.35. The van der Waals surface area contributed by atoms with Crippen molar-refractivity contribution in [1.82, 2.24) is 0 Å². The Kier molecular flexibility index (Phi) is 7.11. The van der Waals surface area contributed by atoms with E-state index >= 15 is 0 Å². The van der Waals surface area contributed by atoms with Gasteiger partial charge in [-0.15, -0.1) is 0 Å². The highest BCUT2D eigenvalue weighted by atomic mass is 14.9. The molecule has 0 unspecified atom stereocenters. The summed E-state index contributed by atoms with van der Waals surface area (Å²) in [6.07, 6.45) is 2.05. The molecule has 8 aromatic carbocycles. The van der Waals surface area contributed by atoms with Gasteiger partial charge in [0.05, 0.1) is 5.69 Å². The van der Waals surface area contributed by atoms with E-state index in [1.165, 1.54) is 65.7 Å². The zero-order valence-corrected chi connectivity index (χ0v) is 26.3. The van der Waals surface area contributed by atoms with E-state index in [9.17, 15) is 0 Å². The monoisotopic (exact) mass is 592 g/mol. The lowest BCUT2D eigenvalue weighted by molar-refractivity contribution is 1.14. The molecule has 0 aliphatic rings. The molecule has 0 aromatic heterocycles. The number of anilines is 4. The molecule has 222 valence electrons. The van der Waals surface area contributed by atoms with Gasteiger partial charge in [0.2, 0.25) is 0 Å². The minimum atomic E-state index is 1.02. The molecule has 0 amide bonds. The van der Waals surface area contributed by atoms with Gasteiger partial charge in [0.1, 0.15) is 0 Å². The predicted octanol–water partition coefficient (Wildman–Crippen LogP) is 12.5. The minimum absolute atomic E-state index is 1.02. The summed E-state index contributed by atoms with van der Waals surface area (Å²) in [5.74, 6) is 0. The fourth-order valence-electron chi connectivity index (χ4n) is 6.94. The number of nitrogens with one attached hydrogen (secondary N) is 2. The van der Waals surface area contributed by atoms with Crippen LogP contribution in [0.15, 0.2) is 146 Å². The van der Waals surface area contributed by atoms with E-state index in [4.69, 9.17) is 0 Å². The minimum Gasteiger partial charge on any atom is -0.355 e. The van der Waals surface area contributed by atoms with Crippen LogP contribution >= 0.6 is 0 Å². The van der Waals surface area contributed by atoms with Crippen LogP contribution < -0.4 is 10.6 Å². The molecule has 0 heterocycles. The average Bonchev–Trinajstić information content (AvgIpc) is 3.12. The fraction of sp³-hybridized carbons (Fsp3) is 0.0909. The first-order chi connectivity index (χ1) is 22.7. The predicted molar refractivity (Wildman–Crippen MR) is 199 cm³/mol. The van der Waals surface area contributed by atoms with E-state index in [1.54, 1.807) is 0 Å². The van der Waals surface area contributed by atoms with Gasteiger partial charge >= 0.3 is 0 Å². The zero-order valence-electron chi connectivity index (χ0n) is 26.3. The lowest BCUT2D eigenvalue weighted by Crippen LogP contribution is -2.00. The van der Waals surface area contributed by atoms with Crippen molar-refractivity contribution in [2.24, 2.45) is 0 Å². The highest BCUT2D eigenvalue weighted by Crippen LogP contribution is 2.51. The number of hydrogen-bond donors (Lipinski definition) is 2. The second-order valence-electron chi connectivity index (χ2n) is 12.1. The normalized spacial score (nSPS) is 11.4. The van der Waals surface area contributed by atoms with Crippen LogP contribution in [0.3, 0.4) is 0 Å². The maximum absolute atomic E-state index is 3.94. The van der Waals surface area contributed by atoms with Crippen LogP contribution in [-0.4, -0.2) is 0 Å². The average molecular weight is 593 g/mol. The first kappa shape index (κ1) is 27.9. The second-order valence-corrected chi connectivity index (χ2v) is 12.1.